The lowest BCUT2D eigenvalue weighted by atomic mass is 10.2. The lowest BCUT2D eigenvalue weighted by Crippen LogP contribution is -2.40. The summed E-state index contributed by atoms with van der Waals surface area (Å²) < 4.78 is 37.2. The van der Waals surface area contributed by atoms with Crippen LogP contribution in [0.4, 0.5) is 5.69 Å². The largest absolute Gasteiger partial charge is 0.450 e. The molecule has 142 valence electrons. The van der Waals surface area contributed by atoms with Crippen molar-refractivity contribution in [1.29, 1.82) is 0 Å². The fourth-order valence-corrected chi connectivity index (χ4v) is 3.99. The molecule has 1 aliphatic heterocycles. The first-order chi connectivity index (χ1) is 12.9. The predicted octanol–water partition coefficient (Wildman–Crippen LogP) is 2.22. The van der Waals surface area contributed by atoms with Crippen molar-refractivity contribution >= 4 is 22.0 Å². The van der Waals surface area contributed by atoms with E-state index in [9.17, 15) is 23.3 Å². The van der Waals surface area contributed by atoms with E-state index in [0.29, 0.717) is 19.5 Å². The third-order valence-electron chi connectivity index (χ3n) is 3.98. The fraction of sp³-hybridized carbons (Fsp3) is 0.235. The first kappa shape index (κ1) is 19.0. The first-order valence-corrected chi connectivity index (χ1v) is 9.45. The number of carbonyl (C=O) groups excluding carboxylic acids is 1. The van der Waals surface area contributed by atoms with E-state index < -0.39 is 14.9 Å². The molecule has 2 aromatic carbocycles. The second-order valence-corrected chi connectivity index (χ2v) is 7.63. The molecule has 0 N–H and O–H groups in total. The Kier molecular flexibility index (Phi) is 5.49. The minimum Gasteiger partial charge on any atom is -0.450 e. The van der Waals surface area contributed by atoms with Gasteiger partial charge in [0.1, 0.15) is 12.0 Å². The number of aldehydes is 1. The highest BCUT2D eigenvalue weighted by Crippen LogP contribution is 2.32. The van der Waals surface area contributed by atoms with Crippen LogP contribution >= 0.6 is 0 Å². The van der Waals surface area contributed by atoms with Gasteiger partial charge >= 0.3 is 5.69 Å². The molecule has 1 heterocycles. The summed E-state index contributed by atoms with van der Waals surface area (Å²) in [6.45, 7) is 1.27. The molecule has 1 fully saturated rings. The fourth-order valence-electron chi connectivity index (χ4n) is 2.58. The van der Waals surface area contributed by atoms with Gasteiger partial charge in [0.25, 0.3) is 0 Å². The van der Waals surface area contributed by atoms with Gasteiger partial charge in [-0.15, -0.1) is 0 Å². The number of hydrogen-bond acceptors (Lipinski definition) is 7. The van der Waals surface area contributed by atoms with Gasteiger partial charge in [0.05, 0.1) is 23.0 Å². The maximum Gasteiger partial charge on any atom is 0.312 e. The molecule has 0 unspecified atom stereocenters. The molecule has 0 saturated carbocycles. The molecule has 9 nitrogen and oxygen atoms in total. The van der Waals surface area contributed by atoms with E-state index in [1.165, 1.54) is 40.7 Å². The van der Waals surface area contributed by atoms with Crippen LogP contribution in [-0.4, -0.2) is 50.2 Å². The summed E-state index contributed by atoms with van der Waals surface area (Å²) in [6, 6.07) is 9.43. The van der Waals surface area contributed by atoms with Crippen LogP contribution in [-0.2, 0) is 14.8 Å². The Morgan fingerprint density at radius 2 is 1.78 bits per heavy atom. The van der Waals surface area contributed by atoms with Crippen LogP contribution in [0.5, 0.6) is 11.5 Å². The molecule has 2 aromatic rings. The zero-order chi connectivity index (χ0) is 19.4. The Balaban J connectivity index is 1.82. The third-order valence-corrected chi connectivity index (χ3v) is 5.89. The van der Waals surface area contributed by atoms with Gasteiger partial charge in [-0.3, -0.25) is 14.9 Å². The predicted molar refractivity (Wildman–Crippen MR) is 94.6 cm³/mol. The SMILES string of the molecule is O=Cc1ccc(Oc2ccc(S(=O)(=O)N3CCOCC3)cc2)c([N+](=O)[O-])c1. The van der Waals surface area contributed by atoms with Crippen molar-refractivity contribution in [1.82, 2.24) is 4.31 Å². The van der Waals surface area contributed by atoms with Crippen molar-refractivity contribution in [2.24, 2.45) is 0 Å². The number of carbonyl (C=O) groups is 1. The number of sulfonamides is 1. The van der Waals surface area contributed by atoms with Crippen LogP contribution in [0.2, 0.25) is 0 Å². The van der Waals surface area contributed by atoms with Crippen LogP contribution in [0, 0.1) is 10.1 Å². The van der Waals surface area contributed by atoms with E-state index in [-0.39, 0.29) is 40.7 Å². The van der Waals surface area contributed by atoms with E-state index in [1.807, 2.05) is 0 Å². The van der Waals surface area contributed by atoms with Crippen molar-refractivity contribution in [3.8, 4) is 11.5 Å². The lowest BCUT2D eigenvalue weighted by Gasteiger charge is -2.26. The van der Waals surface area contributed by atoms with E-state index in [0.717, 1.165) is 6.07 Å². The van der Waals surface area contributed by atoms with Crippen LogP contribution in [0.15, 0.2) is 47.4 Å². The van der Waals surface area contributed by atoms with Crippen LogP contribution in [0.1, 0.15) is 10.4 Å². The highest BCUT2D eigenvalue weighted by atomic mass is 32.2. The maximum atomic E-state index is 12.6. The summed E-state index contributed by atoms with van der Waals surface area (Å²) >= 11 is 0. The molecule has 0 atom stereocenters. The van der Waals surface area contributed by atoms with Gasteiger partial charge in [0.15, 0.2) is 0 Å². The zero-order valence-corrected chi connectivity index (χ0v) is 14.9. The van der Waals surface area contributed by atoms with Crippen molar-refractivity contribution in [3.05, 3.63) is 58.1 Å². The van der Waals surface area contributed by atoms with E-state index in [1.54, 1.807) is 0 Å². The van der Waals surface area contributed by atoms with Crippen molar-refractivity contribution < 1.29 is 27.6 Å². The topological polar surface area (TPSA) is 116 Å². The number of nitro benzene ring substituents is 1. The first-order valence-electron chi connectivity index (χ1n) is 8.01. The number of morpholine rings is 1. The number of nitro groups is 1. The molecule has 27 heavy (non-hydrogen) atoms. The molecular weight excluding hydrogens is 376 g/mol. The van der Waals surface area contributed by atoms with Crippen molar-refractivity contribution in [2.45, 2.75) is 4.90 Å². The van der Waals surface area contributed by atoms with Gasteiger partial charge in [-0.2, -0.15) is 4.31 Å². The van der Waals surface area contributed by atoms with Gasteiger partial charge in [0.2, 0.25) is 15.8 Å². The molecular formula is C17H16N2O7S. The van der Waals surface area contributed by atoms with Crippen LogP contribution in [0.3, 0.4) is 0 Å². The molecule has 0 aliphatic carbocycles. The summed E-state index contributed by atoms with van der Waals surface area (Å²) in [4.78, 5) is 21.4. The van der Waals surface area contributed by atoms with Crippen LogP contribution < -0.4 is 4.74 Å². The van der Waals surface area contributed by atoms with Crippen molar-refractivity contribution in [2.75, 3.05) is 26.3 Å². The number of nitrogens with zero attached hydrogens (tertiary/aromatic N) is 2. The van der Waals surface area contributed by atoms with Gasteiger partial charge < -0.3 is 9.47 Å². The number of ether oxygens (including phenoxy) is 2. The quantitative estimate of drug-likeness (QED) is 0.420. The third kappa shape index (κ3) is 4.13. The molecule has 0 aromatic heterocycles. The summed E-state index contributed by atoms with van der Waals surface area (Å²) in [5.41, 5.74) is -0.203. The monoisotopic (exact) mass is 392 g/mol. The molecule has 10 heteroatoms. The maximum absolute atomic E-state index is 12.6. The summed E-state index contributed by atoms with van der Waals surface area (Å²) in [6.07, 6.45) is 0.502. The van der Waals surface area contributed by atoms with Gasteiger partial charge in [0, 0.05) is 24.7 Å². The Morgan fingerprint density at radius 3 is 2.37 bits per heavy atom. The van der Waals surface area contributed by atoms with Crippen molar-refractivity contribution in [3.63, 3.8) is 0 Å². The number of benzene rings is 2. The van der Waals surface area contributed by atoms with E-state index in [4.69, 9.17) is 9.47 Å². The molecule has 1 aliphatic rings. The van der Waals surface area contributed by atoms with Crippen LogP contribution in [0.25, 0.3) is 0 Å². The Labute approximate surface area is 155 Å². The summed E-state index contributed by atoms with van der Waals surface area (Å²) in [5.74, 6) is 0.187. The van der Waals surface area contributed by atoms with E-state index in [2.05, 4.69) is 0 Å². The Bertz CT molecular complexity index is 952. The lowest BCUT2D eigenvalue weighted by molar-refractivity contribution is -0.385. The second-order valence-electron chi connectivity index (χ2n) is 5.69. The molecule has 0 spiro atoms. The van der Waals surface area contributed by atoms with Gasteiger partial charge in [-0.1, -0.05) is 0 Å². The van der Waals surface area contributed by atoms with Gasteiger partial charge in [-0.05, 0) is 36.4 Å². The molecule has 0 amide bonds. The molecule has 3 rings (SSSR count). The number of rotatable bonds is 6. The Morgan fingerprint density at radius 1 is 1.11 bits per heavy atom. The minimum absolute atomic E-state index is 0.0469. The summed E-state index contributed by atoms with van der Waals surface area (Å²) in [7, 11) is -3.63. The number of hydrogen-bond donors (Lipinski definition) is 0. The summed E-state index contributed by atoms with van der Waals surface area (Å²) in [5, 5.41) is 11.2. The molecule has 1 saturated heterocycles. The smallest absolute Gasteiger partial charge is 0.312 e. The molecule has 0 bridgehead atoms. The average molecular weight is 392 g/mol. The average Bonchev–Trinajstić information content (AvgIpc) is 2.69. The standard InChI is InChI=1S/C17H16N2O7S/c20-12-13-1-6-17(16(11-13)19(21)22)26-14-2-4-15(5-3-14)27(23,24)18-7-9-25-10-8-18/h1-6,11-12H,7-10H2. The zero-order valence-electron chi connectivity index (χ0n) is 14.1. The van der Waals surface area contributed by atoms with E-state index >= 15 is 0 Å². The Hall–Kier alpha value is -2.82. The highest BCUT2D eigenvalue weighted by Gasteiger charge is 2.26. The second kappa shape index (κ2) is 7.82. The van der Waals surface area contributed by atoms with Gasteiger partial charge in [-0.25, -0.2) is 8.42 Å². The normalized spacial score (nSPS) is 15.3. The molecule has 0 radical (unpaired) electrons. The minimum atomic E-state index is -3.63. The highest BCUT2D eigenvalue weighted by molar-refractivity contribution is 7.89.